The van der Waals surface area contributed by atoms with Crippen LogP contribution in [0.5, 0.6) is 0 Å². The zero-order valence-electron chi connectivity index (χ0n) is 29.8. The first-order chi connectivity index (χ1) is 25.3. The highest BCUT2D eigenvalue weighted by atomic mass is 14.7. The van der Waals surface area contributed by atoms with E-state index in [1.165, 1.54) is 65.7 Å². The van der Waals surface area contributed by atoms with Crippen molar-refractivity contribution in [3.8, 4) is 33.5 Å². The first kappa shape index (κ1) is 31.7. The summed E-state index contributed by atoms with van der Waals surface area (Å²) in [5, 5.41) is 8.88. The topological polar surface area (TPSA) is 38.9 Å². The van der Waals surface area contributed by atoms with Gasteiger partial charge in [-0.25, -0.2) is 4.98 Å². The quantitative estimate of drug-likeness (QED) is 0.185. The average Bonchev–Trinajstić information content (AvgIpc) is 3.18. The van der Waals surface area contributed by atoms with Crippen LogP contribution in [0, 0.1) is 0 Å². The number of hydrogen-bond donors (Lipinski definition) is 1. The van der Waals surface area contributed by atoms with E-state index in [0.717, 1.165) is 39.8 Å². The Balaban J connectivity index is 1.19. The molecule has 1 aliphatic carbocycles. The highest BCUT2D eigenvalue weighted by molar-refractivity contribution is 6.28. The van der Waals surface area contributed by atoms with Crippen molar-refractivity contribution in [2.75, 3.05) is 0 Å². The molecule has 7 aromatic carbocycles. The third-order valence-corrected chi connectivity index (χ3v) is 10.6. The van der Waals surface area contributed by atoms with Gasteiger partial charge in [0.1, 0.15) is 0 Å². The van der Waals surface area contributed by atoms with Gasteiger partial charge in [-0.3, -0.25) is 0 Å². The second-order valence-corrected chi connectivity index (χ2v) is 15.0. The molecule has 1 aromatic heterocycles. The van der Waals surface area contributed by atoms with Crippen molar-refractivity contribution in [2.24, 2.45) is 5.73 Å². The maximum atomic E-state index is 6.58. The van der Waals surface area contributed by atoms with Crippen LogP contribution in [0.3, 0.4) is 0 Å². The van der Waals surface area contributed by atoms with Crippen molar-refractivity contribution in [2.45, 2.75) is 32.6 Å². The lowest BCUT2D eigenvalue weighted by atomic mass is 9.81. The van der Waals surface area contributed by atoms with E-state index in [-0.39, 0.29) is 5.41 Å². The number of aromatic nitrogens is 1. The molecule has 2 N–H and O–H groups in total. The van der Waals surface area contributed by atoms with Crippen molar-refractivity contribution in [3.05, 3.63) is 181 Å². The summed E-state index contributed by atoms with van der Waals surface area (Å²) >= 11 is 0. The van der Waals surface area contributed by atoms with E-state index in [9.17, 15) is 0 Å². The molecule has 0 spiro atoms. The van der Waals surface area contributed by atoms with Crippen LogP contribution >= 0.6 is 0 Å². The van der Waals surface area contributed by atoms with Gasteiger partial charge in [-0.05, 0) is 107 Å². The Morgan fingerprint density at radius 1 is 0.635 bits per heavy atom. The largest absolute Gasteiger partial charge is 0.398 e. The number of allylic oxidation sites excluding steroid dienone is 7. The SMILES string of the molecule is CC(C)(C)c1cc2ccc3c(-c4ccc(/C(N)=C/C=C5/C=CC=CC5)cc4)cc(-c4ccc(-c5ccc6ccccc6n5)cc4)c4ccc(c1)c2c34. The molecule has 9 rings (SSSR count). The van der Waals surface area contributed by atoms with Crippen LogP contribution in [0.4, 0.5) is 0 Å². The van der Waals surface area contributed by atoms with Crippen molar-refractivity contribution >= 4 is 48.9 Å². The Kier molecular flexibility index (Phi) is 7.63. The van der Waals surface area contributed by atoms with Gasteiger partial charge in [0.2, 0.25) is 0 Å². The molecular formula is C50H40N2. The number of benzene rings is 7. The fourth-order valence-electron chi connectivity index (χ4n) is 7.66. The third-order valence-electron chi connectivity index (χ3n) is 10.6. The summed E-state index contributed by atoms with van der Waals surface area (Å²) in [6.45, 7) is 6.88. The number of rotatable bonds is 5. The first-order valence-corrected chi connectivity index (χ1v) is 18.1. The summed E-state index contributed by atoms with van der Waals surface area (Å²) in [4.78, 5) is 4.96. The van der Waals surface area contributed by atoms with Gasteiger partial charge < -0.3 is 5.73 Å². The van der Waals surface area contributed by atoms with Gasteiger partial charge in [-0.15, -0.1) is 0 Å². The molecule has 2 heteroatoms. The van der Waals surface area contributed by atoms with E-state index in [2.05, 4.69) is 172 Å². The zero-order chi connectivity index (χ0) is 35.4. The molecule has 52 heavy (non-hydrogen) atoms. The summed E-state index contributed by atoms with van der Waals surface area (Å²) < 4.78 is 0. The van der Waals surface area contributed by atoms with Gasteiger partial charge in [-0.1, -0.05) is 160 Å². The molecule has 0 amide bonds. The van der Waals surface area contributed by atoms with Crippen molar-refractivity contribution in [3.63, 3.8) is 0 Å². The molecule has 0 bridgehead atoms. The summed E-state index contributed by atoms with van der Waals surface area (Å²) in [6, 6.07) is 46.6. The van der Waals surface area contributed by atoms with Crippen LogP contribution in [-0.4, -0.2) is 4.98 Å². The second kappa shape index (κ2) is 12.5. The van der Waals surface area contributed by atoms with E-state index < -0.39 is 0 Å². The first-order valence-electron chi connectivity index (χ1n) is 18.1. The number of nitrogens with two attached hydrogens (primary N) is 1. The van der Waals surface area contributed by atoms with E-state index in [1.807, 2.05) is 12.1 Å². The van der Waals surface area contributed by atoms with Gasteiger partial charge in [0.05, 0.1) is 11.2 Å². The Morgan fingerprint density at radius 2 is 1.27 bits per heavy atom. The smallest absolute Gasteiger partial charge is 0.0709 e. The fourth-order valence-corrected chi connectivity index (χ4v) is 7.66. The van der Waals surface area contributed by atoms with Crippen LogP contribution in [0.25, 0.3) is 82.4 Å². The molecule has 1 heterocycles. The van der Waals surface area contributed by atoms with Gasteiger partial charge >= 0.3 is 0 Å². The van der Waals surface area contributed by atoms with Crippen LogP contribution in [0.1, 0.15) is 38.3 Å². The maximum absolute atomic E-state index is 6.58. The normalized spacial score (nSPS) is 14.4. The minimum Gasteiger partial charge on any atom is -0.398 e. The predicted molar refractivity (Wildman–Crippen MR) is 224 cm³/mol. The van der Waals surface area contributed by atoms with E-state index >= 15 is 0 Å². The molecule has 0 aliphatic heterocycles. The van der Waals surface area contributed by atoms with Gasteiger partial charge in [0.25, 0.3) is 0 Å². The molecule has 0 fully saturated rings. The highest BCUT2D eigenvalue weighted by Crippen LogP contribution is 2.45. The fraction of sp³-hybridized carbons (Fsp3) is 0.100. The lowest BCUT2D eigenvalue weighted by Gasteiger charge is -2.23. The Labute approximate surface area is 305 Å². The minimum atomic E-state index is 0.0566. The number of para-hydroxylation sites is 1. The average molecular weight is 669 g/mol. The van der Waals surface area contributed by atoms with Gasteiger partial charge in [-0.2, -0.15) is 0 Å². The van der Waals surface area contributed by atoms with Gasteiger partial charge in [0, 0.05) is 16.6 Å². The van der Waals surface area contributed by atoms with Crippen molar-refractivity contribution in [1.29, 1.82) is 0 Å². The minimum absolute atomic E-state index is 0.0566. The van der Waals surface area contributed by atoms with E-state index in [0.29, 0.717) is 0 Å². The Bertz CT molecular complexity index is 2750. The lowest BCUT2D eigenvalue weighted by molar-refractivity contribution is 0.591. The van der Waals surface area contributed by atoms with Crippen LogP contribution in [0.2, 0.25) is 0 Å². The second-order valence-electron chi connectivity index (χ2n) is 15.0. The summed E-state index contributed by atoms with van der Waals surface area (Å²) in [6.07, 6.45) is 13.5. The Morgan fingerprint density at radius 3 is 1.92 bits per heavy atom. The van der Waals surface area contributed by atoms with Crippen molar-refractivity contribution in [1.82, 2.24) is 4.98 Å². The highest BCUT2D eigenvalue weighted by Gasteiger charge is 2.20. The van der Waals surface area contributed by atoms with E-state index in [1.54, 1.807) is 0 Å². The monoisotopic (exact) mass is 668 g/mol. The molecule has 8 aromatic rings. The Hall–Kier alpha value is -6.25. The number of hydrogen-bond acceptors (Lipinski definition) is 2. The summed E-state index contributed by atoms with van der Waals surface area (Å²) in [5.74, 6) is 0. The molecule has 0 saturated heterocycles. The summed E-state index contributed by atoms with van der Waals surface area (Å²) in [5.41, 5.74) is 18.9. The zero-order valence-corrected chi connectivity index (χ0v) is 29.8. The number of nitrogens with zero attached hydrogens (tertiary/aromatic N) is 1. The van der Waals surface area contributed by atoms with Crippen LogP contribution in [-0.2, 0) is 5.41 Å². The standard InChI is InChI=1S/C50H40N2/c1-50(2,3)40-29-38-22-25-41-43(33-14-18-35(19-15-33)45(51)27-13-32-9-5-4-6-10-32)31-44(42-26-23-39(30-40)48(38)49(41)42)34-16-20-37(21-17-34)47-28-24-36-11-7-8-12-46(36)52-47/h4-9,11-31H,10,51H2,1-3H3/b32-13-,45-27-. The lowest BCUT2D eigenvalue weighted by Crippen LogP contribution is -2.10. The molecule has 2 nitrogen and oxygen atoms in total. The molecule has 1 aliphatic rings. The number of fused-ring (bicyclic) bond motifs is 1. The molecule has 0 saturated carbocycles. The van der Waals surface area contributed by atoms with Gasteiger partial charge in [0.15, 0.2) is 0 Å². The van der Waals surface area contributed by atoms with E-state index in [4.69, 9.17) is 10.7 Å². The maximum Gasteiger partial charge on any atom is 0.0709 e. The molecule has 250 valence electrons. The van der Waals surface area contributed by atoms with Crippen molar-refractivity contribution < 1.29 is 0 Å². The summed E-state index contributed by atoms with van der Waals surface area (Å²) in [7, 11) is 0. The molecular weight excluding hydrogens is 629 g/mol. The predicted octanol–water partition coefficient (Wildman–Crippen LogP) is 13.2. The molecule has 0 radical (unpaired) electrons. The third kappa shape index (κ3) is 5.67. The van der Waals surface area contributed by atoms with Crippen LogP contribution in [0.15, 0.2) is 169 Å². The van der Waals surface area contributed by atoms with Crippen LogP contribution < -0.4 is 5.73 Å². The molecule has 0 atom stereocenters. The number of pyridine rings is 1. The molecule has 0 unspecified atom stereocenters.